The number of carbonyl (C=O) groups is 3. The summed E-state index contributed by atoms with van der Waals surface area (Å²) in [6.07, 6.45) is 0. The van der Waals surface area contributed by atoms with Gasteiger partial charge in [-0.3, -0.25) is 14.4 Å². The Morgan fingerprint density at radius 3 is 2.16 bits per heavy atom. The Morgan fingerprint density at radius 2 is 1.52 bits per heavy atom. The lowest BCUT2D eigenvalue weighted by Crippen LogP contribution is -2.33. The van der Waals surface area contributed by atoms with Gasteiger partial charge in [0.15, 0.2) is 6.61 Å². The number of hydrogen-bond acceptors (Lipinski definition) is 4. The Kier molecular flexibility index (Phi) is 6.71. The van der Waals surface area contributed by atoms with Crippen molar-refractivity contribution in [3.05, 3.63) is 60.2 Å². The van der Waals surface area contributed by atoms with Gasteiger partial charge in [0, 0.05) is 12.1 Å². The largest absolute Gasteiger partial charge is 0.454 e. The highest BCUT2D eigenvalue weighted by Crippen LogP contribution is 2.19. The van der Waals surface area contributed by atoms with E-state index in [1.165, 1.54) is 0 Å². The SMILES string of the molecule is CCNC(=O)COC(=O)CNC(=O)c1ccc(-c2ccccc2)cc1. The summed E-state index contributed by atoms with van der Waals surface area (Å²) in [6, 6.07) is 16.9. The zero-order valence-corrected chi connectivity index (χ0v) is 14.0. The first-order chi connectivity index (χ1) is 12.1. The van der Waals surface area contributed by atoms with E-state index in [4.69, 9.17) is 4.74 Å². The molecule has 0 unspecified atom stereocenters. The van der Waals surface area contributed by atoms with Crippen LogP contribution >= 0.6 is 0 Å². The molecule has 0 aliphatic carbocycles. The van der Waals surface area contributed by atoms with Gasteiger partial charge in [-0.1, -0.05) is 42.5 Å². The molecule has 2 amide bonds. The predicted molar refractivity (Wildman–Crippen MR) is 93.9 cm³/mol. The molecule has 130 valence electrons. The number of benzene rings is 2. The molecule has 2 aromatic rings. The Bertz CT molecular complexity index is 727. The third kappa shape index (κ3) is 5.76. The maximum atomic E-state index is 12.0. The molecule has 2 rings (SSSR count). The standard InChI is InChI=1S/C19H20N2O4/c1-2-20-17(22)13-25-18(23)12-21-19(24)16-10-8-15(9-11-16)14-6-4-3-5-7-14/h3-11H,2,12-13H2,1H3,(H,20,22)(H,21,24). The molecule has 0 fully saturated rings. The average molecular weight is 340 g/mol. The summed E-state index contributed by atoms with van der Waals surface area (Å²) < 4.78 is 4.75. The van der Waals surface area contributed by atoms with Gasteiger partial charge in [-0.05, 0) is 30.2 Å². The van der Waals surface area contributed by atoms with Gasteiger partial charge in [-0.2, -0.15) is 0 Å². The van der Waals surface area contributed by atoms with Crippen LogP contribution in [0.25, 0.3) is 11.1 Å². The number of esters is 1. The first-order valence-corrected chi connectivity index (χ1v) is 7.96. The van der Waals surface area contributed by atoms with Crippen molar-refractivity contribution in [2.75, 3.05) is 19.7 Å². The van der Waals surface area contributed by atoms with E-state index in [9.17, 15) is 14.4 Å². The van der Waals surface area contributed by atoms with Crippen molar-refractivity contribution in [1.29, 1.82) is 0 Å². The van der Waals surface area contributed by atoms with Crippen LogP contribution in [0.4, 0.5) is 0 Å². The van der Waals surface area contributed by atoms with Crippen molar-refractivity contribution in [1.82, 2.24) is 10.6 Å². The number of likely N-dealkylation sites (N-methyl/N-ethyl adjacent to an activating group) is 1. The monoisotopic (exact) mass is 340 g/mol. The van der Waals surface area contributed by atoms with Gasteiger partial charge < -0.3 is 15.4 Å². The summed E-state index contributed by atoms with van der Waals surface area (Å²) in [6.45, 7) is 1.59. The quantitative estimate of drug-likeness (QED) is 0.752. The van der Waals surface area contributed by atoms with Crippen LogP contribution in [0, 0.1) is 0 Å². The first kappa shape index (κ1) is 18.2. The van der Waals surface area contributed by atoms with Crippen LogP contribution in [0.15, 0.2) is 54.6 Å². The summed E-state index contributed by atoms with van der Waals surface area (Å²) in [7, 11) is 0. The minimum atomic E-state index is -0.666. The van der Waals surface area contributed by atoms with Gasteiger partial charge in [-0.15, -0.1) is 0 Å². The average Bonchev–Trinajstić information content (AvgIpc) is 2.65. The van der Waals surface area contributed by atoms with E-state index >= 15 is 0 Å². The first-order valence-electron chi connectivity index (χ1n) is 7.96. The molecular weight excluding hydrogens is 320 g/mol. The van der Waals surface area contributed by atoms with Crippen molar-refractivity contribution >= 4 is 17.8 Å². The lowest BCUT2D eigenvalue weighted by Gasteiger charge is -2.07. The maximum Gasteiger partial charge on any atom is 0.325 e. The molecule has 2 aromatic carbocycles. The molecule has 0 aliphatic heterocycles. The summed E-state index contributed by atoms with van der Waals surface area (Å²) in [5.41, 5.74) is 2.50. The summed E-state index contributed by atoms with van der Waals surface area (Å²) in [5, 5.41) is 4.98. The van der Waals surface area contributed by atoms with Gasteiger partial charge in [0.05, 0.1) is 0 Å². The summed E-state index contributed by atoms with van der Waals surface area (Å²) in [4.78, 5) is 34.7. The molecule has 6 nitrogen and oxygen atoms in total. The zero-order chi connectivity index (χ0) is 18.1. The van der Waals surface area contributed by atoms with E-state index in [2.05, 4.69) is 10.6 Å². The Hall–Kier alpha value is -3.15. The number of carbonyl (C=O) groups excluding carboxylic acids is 3. The van der Waals surface area contributed by atoms with Crippen molar-refractivity contribution in [2.24, 2.45) is 0 Å². The van der Waals surface area contributed by atoms with E-state index in [-0.39, 0.29) is 25.0 Å². The van der Waals surface area contributed by atoms with Crippen LogP contribution in [-0.2, 0) is 14.3 Å². The lowest BCUT2D eigenvalue weighted by atomic mass is 10.0. The van der Waals surface area contributed by atoms with E-state index in [0.717, 1.165) is 11.1 Å². The highest BCUT2D eigenvalue weighted by molar-refractivity contribution is 5.96. The van der Waals surface area contributed by atoms with Gasteiger partial charge in [0.2, 0.25) is 0 Å². The molecule has 25 heavy (non-hydrogen) atoms. The molecule has 0 bridgehead atoms. The van der Waals surface area contributed by atoms with Crippen molar-refractivity contribution < 1.29 is 19.1 Å². The molecular formula is C19H20N2O4. The molecule has 2 N–H and O–H groups in total. The van der Waals surface area contributed by atoms with Crippen LogP contribution in [0.3, 0.4) is 0 Å². The van der Waals surface area contributed by atoms with Crippen LogP contribution in [0.2, 0.25) is 0 Å². The predicted octanol–water partition coefficient (Wildman–Crippen LogP) is 1.76. The van der Waals surface area contributed by atoms with E-state index in [1.54, 1.807) is 19.1 Å². The van der Waals surface area contributed by atoms with Crippen molar-refractivity contribution in [3.8, 4) is 11.1 Å². The number of ether oxygens (including phenoxy) is 1. The van der Waals surface area contributed by atoms with Gasteiger partial charge in [0.1, 0.15) is 6.54 Å². The second kappa shape index (κ2) is 9.22. The van der Waals surface area contributed by atoms with Crippen molar-refractivity contribution in [2.45, 2.75) is 6.92 Å². The number of nitrogens with one attached hydrogen (secondary N) is 2. The highest BCUT2D eigenvalue weighted by Gasteiger charge is 2.10. The number of rotatable bonds is 7. The van der Waals surface area contributed by atoms with Crippen LogP contribution < -0.4 is 10.6 Å². The smallest absolute Gasteiger partial charge is 0.325 e. The minimum absolute atomic E-state index is 0.293. The fourth-order valence-electron chi connectivity index (χ4n) is 2.14. The maximum absolute atomic E-state index is 12.0. The molecule has 0 aliphatic rings. The number of hydrogen-bond donors (Lipinski definition) is 2. The topological polar surface area (TPSA) is 84.5 Å². The molecule has 0 spiro atoms. The summed E-state index contributed by atoms with van der Waals surface area (Å²) in [5.74, 6) is -1.42. The molecule has 0 aromatic heterocycles. The van der Waals surface area contributed by atoms with Crippen LogP contribution in [0.1, 0.15) is 17.3 Å². The molecule has 6 heteroatoms. The van der Waals surface area contributed by atoms with Gasteiger partial charge in [0.25, 0.3) is 11.8 Å². The molecule has 0 saturated heterocycles. The second-order valence-corrected chi connectivity index (χ2v) is 5.24. The molecule has 0 heterocycles. The van der Waals surface area contributed by atoms with E-state index < -0.39 is 5.97 Å². The highest BCUT2D eigenvalue weighted by atomic mass is 16.5. The van der Waals surface area contributed by atoms with E-state index in [0.29, 0.717) is 12.1 Å². The van der Waals surface area contributed by atoms with Crippen LogP contribution in [0.5, 0.6) is 0 Å². The fourth-order valence-corrected chi connectivity index (χ4v) is 2.14. The summed E-state index contributed by atoms with van der Waals surface area (Å²) >= 11 is 0. The van der Waals surface area contributed by atoms with Crippen molar-refractivity contribution in [3.63, 3.8) is 0 Å². The number of amides is 2. The second-order valence-electron chi connectivity index (χ2n) is 5.24. The Morgan fingerprint density at radius 1 is 0.880 bits per heavy atom. The van der Waals surface area contributed by atoms with Gasteiger partial charge in [-0.25, -0.2) is 0 Å². The molecule has 0 radical (unpaired) electrons. The fraction of sp³-hybridized carbons (Fsp3) is 0.211. The third-order valence-electron chi connectivity index (χ3n) is 3.39. The van der Waals surface area contributed by atoms with Gasteiger partial charge >= 0.3 is 5.97 Å². The lowest BCUT2D eigenvalue weighted by molar-refractivity contribution is -0.147. The zero-order valence-electron chi connectivity index (χ0n) is 14.0. The Labute approximate surface area is 146 Å². The van der Waals surface area contributed by atoms with Crippen LogP contribution in [-0.4, -0.2) is 37.5 Å². The van der Waals surface area contributed by atoms with E-state index in [1.807, 2.05) is 42.5 Å². The molecule has 0 atom stereocenters. The molecule has 0 saturated carbocycles. The minimum Gasteiger partial charge on any atom is -0.454 e. The normalized spacial score (nSPS) is 9.96. The Balaban J connectivity index is 1.83. The third-order valence-corrected chi connectivity index (χ3v) is 3.39.